The zero-order chi connectivity index (χ0) is 13.8. The van der Waals surface area contributed by atoms with Crippen molar-refractivity contribution in [2.75, 3.05) is 19.4 Å². The topological polar surface area (TPSA) is 75.7 Å². The number of nitrogens with one attached hydrogen (secondary N) is 1. The van der Waals surface area contributed by atoms with Crippen molar-refractivity contribution in [1.29, 1.82) is 0 Å². The Kier molecular flexibility index (Phi) is 4.69. The van der Waals surface area contributed by atoms with Crippen LogP contribution in [-0.2, 0) is 15.1 Å². The fraction of sp³-hybridized carbons (Fsp3) is 0.364. The van der Waals surface area contributed by atoms with Crippen molar-refractivity contribution in [3.63, 3.8) is 0 Å². The van der Waals surface area contributed by atoms with Crippen molar-refractivity contribution in [3.8, 4) is 5.75 Å². The molecular weight excluding hydrogens is 256 g/mol. The van der Waals surface area contributed by atoms with E-state index in [1.807, 2.05) is 0 Å². The highest BCUT2D eigenvalue weighted by molar-refractivity contribution is 7.84. The summed E-state index contributed by atoms with van der Waals surface area (Å²) in [6.45, 7) is 1.75. The second kappa shape index (κ2) is 5.83. The van der Waals surface area contributed by atoms with Crippen molar-refractivity contribution in [3.05, 3.63) is 24.3 Å². The van der Waals surface area contributed by atoms with Gasteiger partial charge in [0.2, 0.25) is 5.91 Å². The molecule has 0 saturated heterocycles. The molecule has 0 aliphatic rings. The van der Waals surface area contributed by atoms with E-state index in [2.05, 4.69) is 5.32 Å². The summed E-state index contributed by atoms with van der Waals surface area (Å²) in [7, 11) is -0.986. The van der Waals surface area contributed by atoms with Gasteiger partial charge in [-0.15, -0.1) is 0 Å². The van der Waals surface area contributed by atoms with Crippen molar-refractivity contribution in [2.24, 2.45) is 0 Å². The van der Waals surface area contributed by atoms with Gasteiger partial charge in [0.25, 0.3) is 0 Å². The van der Waals surface area contributed by atoms with Gasteiger partial charge in [0.05, 0.1) is 0 Å². The molecule has 18 heavy (non-hydrogen) atoms. The maximum absolute atomic E-state index is 11.4. The molecule has 0 aromatic heterocycles. The number of nitrogens with zero attached hydrogens (tertiary/aromatic N) is 1. The Morgan fingerprint density at radius 2 is 1.83 bits per heavy atom. The predicted octanol–water partition coefficient (Wildman–Crippen LogP) is 1.22. The summed E-state index contributed by atoms with van der Waals surface area (Å²) in [5.74, 6) is 0.0859. The fourth-order valence-electron chi connectivity index (χ4n) is 1.04. The smallest absolute Gasteiger partial charge is 0.371 e. The largest absolute Gasteiger partial charge is 0.384 e. The number of hydrogen-bond acceptors (Lipinski definition) is 4. The first-order chi connectivity index (χ1) is 8.35. The molecule has 6 nitrogen and oxygen atoms in total. The zero-order valence-corrected chi connectivity index (χ0v) is 11.3. The quantitative estimate of drug-likeness (QED) is 0.874. The molecule has 7 heteroatoms. The second-order valence-corrected chi connectivity index (χ2v) is 5.50. The third kappa shape index (κ3) is 4.01. The minimum Gasteiger partial charge on any atom is -0.371 e. The summed E-state index contributed by atoms with van der Waals surface area (Å²) in [5, 5.41) is 2.65. The first kappa shape index (κ1) is 14.5. The summed E-state index contributed by atoms with van der Waals surface area (Å²) in [4.78, 5) is 11.1. The maximum Gasteiger partial charge on any atom is 0.384 e. The van der Waals surface area contributed by atoms with Crippen LogP contribution in [-0.4, -0.2) is 32.7 Å². The number of rotatable bonds is 5. The van der Waals surface area contributed by atoms with Crippen LogP contribution in [0.25, 0.3) is 0 Å². The van der Waals surface area contributed by atoms with Crippen LogP contribution < -0.4 is 9.50 Å². The average molecular weight is 272 g/mol. The van der Waals surface area contributed by atoms with Gasteiger partial charge in [0, 0.05) is 26.2 Å². The van der Waals surface area contributed by atoms with E-state index in [1.54, 1.807) is 19.1 Å². The summed E-state index contributed by atoms with van der Waals surface area (Å²) < 4.78 is 28.7. The Balaban J connectivity index is 2.75. The third-order valence-corrected chi connectivity index (χ3v) is 3.41. The van der Waals surface area contributed by atoms with Gasteiger partial charge < -0.3 is 9.50 Å². The summed E-state index contributed by atoms with van der Waals surface area (Å²) >= 11 is 0. The van der Waals surface area contributed by atoms with Gasteiger partial charge in [-0.1, -0.05) is 6.92 Å². The molecule has 100 valence electrons. The monoisotopic (exact) mass is 272 g/mol. The van der Waals surface area contributed by atoms with Gasteiger partial charge in [-0.3, -0.25) is 4.79 Å². The lowest BCUT2D eigenvalue weighted by atomic mass is 10.3. The SMILES string of the molecule is CCC(=O)Nc1ccc(OS(=O)(=O)N(C)C)cc1. The predicted molar refractivity (Wildman–Crippen MR) is 68.6 cm³/mol. The van der Waals surface area contributed by atoms with E-state index in [-0.39, 0.29) is 11.7 Å². The Morgan fingerprint density at radius 3 is 2.28 bits per heavy atom. The van der Waals surface area contributed by atoms with Crippen molar-refractivity contribution >= 4 is 21.9 Å². The second-order valence-electron chi connectivity index (χ2n) is 3.75. The molecule has 0 heterocycles. The van der Waals surface area contributed by atoms with Crippen LogP contribution in [0.15, 0.2) is 24.3 Å². The first-order valence-corrected chi connectivity index (χ1v) is 6.73. The lowest BCUT2D eigenvalue weighted by molar-refractivity contribution is -0.115. The minimum absolute atomic E-state index is 0.107. The van der Waals surface area contributed by atoms with E-state index >= 15 is 0 Å². The van der Waals surface area contributed by atoms with Gasteiger partial charge in [-0.25, -0.2) is 0 Å². The zero-order valence-electron chi connectivity index (χ0n) is 10.5. The van der Waals surface area contributed by atoms with Crippen molar-refractivity contribution in [2.45, 2.75) is 13.3 Å². The molecular formula is C11H16N2O4S. The Bertz CT molecular complexity index is 508. The number of carbonyl (C=O) groups excluding carboxylic acids is 1. The van der Waals surface area contributed by atoms with Gasteiger partial charge in [-0.05, 0) is 24.3 Å². The summed E-state index contributed by atoms with van der Waals surface area (Å²) in [5.41, 5.74) is 0.594. The highest BCUT2D eigenvalue weighted by Crippen LogP contribution is 2.18. The highest BCUT2D eigenvalue weighted by Gasteiger charge is 2.15. The van der Waals surface area contributed by atoms with Crippen molar-refractivity contribution < 1.29 is 17.4 Å². The molecule has 0 bridgehead atoms. The van der Waals surface area contributed by atoms with E-state index < -0.39 is 10.3 Å². The van der Waals surface area contributed by atoms with Gasteiger partial charge in [-0.2, -0.15) is 12.7 Å². The molecule has 1 aromatic rings. The number of anilines is 1. The number of carbonyl (C=O) groups is 1. The van der Waals surface area contributed by atoms with Crippen LogP contribution in [0.2, 0.25) is 0 Å². The third-order valence-electron chi connectivity index (χ3n) is 2.11. The Hall–Kier alpha value is -1.60. The standard InChI is InChI=1S/C11H16N2O4S/c1-4-11(14)12-9-5-7-10(8-6-9)17-18(15,16)13(2)3/h5-8H,4H2,1-3H3,(H,12,14). The molecule has 0 atom stereocenters. The molecule has 0 aliphatic carbocycles. The number of hydrogen-bond donors (Lipinski definition) is 1. The minimum atomic E-state index is -3.75. The molecule has 0 saturated carbocycles. The van der Waals surface area contributed by atoms with Crippen LogP contribution in [0.4, 0.5) is 5.69 Å². The molecule has 1 aromatic carbocycles. The molecule has 0 spiro atoms. The Labute approximate surface area is 107 Å². The highest BCUT2D eigenvalue weighted by atomic mass is 32.2. The molecule has 0 unspecified atom stereocenters. The fourth-order valence-corrected chi connectivity index (χ4v) is 1.54. The molecule has 1 rings (SSSR count). The van der Waals surface area contributed by atoms with Crippen LogP contribution >= 0.6 is 0 Å². The van der Waals surface area contributed by atoms with Crippen molar-refractivity contribution in [1.82, 2.24) is 4.31 Å². The van der Waals surface area contributed by atoms with Crippen LogP contribution in [0.1, 0.15) is 13.3 Å². The van der Waals surface area contributed by atoms with Crippen LogP contribution in [0.5, 0.6) is 5.75 Å². The van der Waals surface area contributed by atoms with E-state index in [4.69, 9.17) is 4.18 Å². The summed E-state index contributed by atoms with van der Waals surface area (Å²) in [6, 6.07) is 6.11. The van der Waals surface area contributed by atoms with Gasteiger partial charge >= 0.3 is 10.3 Å². The normalized spacial score (nSPS) is 11.3. The van der Waals surface area contributed by atoms with Gasteiger partial charge in [0.15, 0.2) is 0 Å². The van der Waals surface area contributed by atoms with Crippen LogP contribution in [0, 0.1) is 0 Å². The van der Waals surface area contributed by atoms with E-state index in [0.717, 1.165) is 4.31 Å². The molecule has 0 radical (unpaired) electrons. The summed E-state index contributed by atoms with van der Waals surface area (Å²) in [6.07, 6.45) is 0.382. The Morgan fingerprint density at radius 1 is 1.28 bits per heavy atom. The first-order valence-electron chi connectivity index (χ1n) is 5.37. The molecule has 0 aliphatic heterocycles. The number of amides is 1. The van der Waals surface area contributed by atoms with E-state index in [0.29, 0.717) is 12.1 Å². The molecule has 0 fully saturated rings. The maximum atomic E-state index is 11.4. The van der Waals surface area contributed by atoms with E-state index in [9.17, 15) is 13.2 Å². The lowest BCUT2D eigenvalue weighted by Crippen LogP contribution is -2.27. The number of benzene rings is 1. The molecule has 1 N–H and O–H groups in total. The average Bonchev–Trinajstić information content (AvgIpc) is 2.31. The molecule has 1 amide bonds. The lowest BCUT2D eigenvalue weighted by Gasteiger charge is -2.12. The van der Waals surface area contributed by atoms with Gasteiger partial charge in [0.1, 0.15) is 5.75 Å². The van der Waals surface area contributed by atoms with Crippen LogP contribution in [0.3, 0.4) is 0 Å². The van der Waals surface area contributed by atoms with E-state index in [1.165, 1.54) is 26.2 Å².